The van der Waals surface area contributed by atoms with Gasteiger partial charge in [0.2, 0.25) is 0 Å². The molecule has 1 aliphatic rings. The maximum absolute atomic E-state index is 11.9. The molecule has 1 saturated heterocycles. The number of rotatable bonds is 2. The Hall–Kier alpha value is -1.63. The first-order chi connectivity index (χ1) is 8.97. The van der Waals surface area contributed by atoms with E-state index in [4.69, 9.17) is 14.6 Å². The number of benzene rings is 1. The van der Waals surface area contributed by atoms with Gasteiger partial charge in [0, 0.05) is 6.42 Å². The molecule has 0 unspecified atom stereocenters. The normalized spacial score (nSPS) is 30.9. The van der Waals surface area contributed by atoms with E-state index in [1.165, 1.54) is 24.3 Å². The van der Waals surface area contributed by atoms with Crippen molar-refractivity contribution in [2.75, 3.05) is 0 Å². The van der Waals surface area contributed by atoms with Gasteiger partial charge in [0.05, 0.1) is 11.7 Å². The fraction of sp³-hybridized carbons (Fsp3) is 0.462. The standard InChI is InChI=1S/C13H16O6/c1-7-11(6-10(15)13(17)18-7)19-12(16)8-2-4-9(14)5-3-8/h2-5,7,10-11,13-15,17H,6H2,1H3/t7-,10+,11+,13+/m0/s1. The molecule has 3 N–H and O–H groups in total. The summed E-state index contributed by atoms with van der Waals surface area (Å²) < 4.78 is 10.3. The molecule has 0 spiro atoms. The lowest BCUT2D eigenvalue weighted by Crippen LogP contribution is -2.47. The predicted octanol–water partition coefficient (Wildman–Crippen LogP) is 0.406. The fourth-order valence-electron chi connectivity index (χ4n) is 1.89. The molecule has 6 nitrogen and oxygen atoms in total. The van der Waals surface area contributed by atoms with Gasteiger partial charge < -0.3 is 24.8 Å². The number of carbonyl (C=O) groups excluding carboxylic acids is 1. The van der Waals surface area contributed by atoms with Gasteiger partial charge >= 0.3 is 5.97 Å². The van der Waals surface area contributed by atoms with E-state index in [1.807, 2.05) is 0 Å². The first-order valence-corrected chi connectivity index (χ1v) is 5.99. The Bertz CT molecular complexity index is 443. The van der Waals surface area contributed by atoms with Gasteiger partial charge in [-0.05, 0) is 31.2 Å². The number of esters is 1. The molecule has 0 saturated carbocycles. The van der Waals surface area contributed by atoms with Crippen molar-refractivity contribution in [1.29, 1.82) is 0 Å². The molecule has 19 heavy (non-hydrogen) atoms. The Morgan fingerprint density at radius 3 is 2.58 bits per heavy atom. The van der Waals surface area contributed by atoms with Crippen LogP contribution in [0.15, 0.2) is 24.3 Å². The van der Waals surface area contributed by atoms with Crippen LogP contribution in [0, 0.1) is 0 Å². The summed E-state index contributed by atoms with van der Waals surface area (Å²) in [5, 5.41) is 27.9. The SMILES string of the molecule is C[C@@H]1O[C@@H](O)[C@H](O)C[C@H]1OC(=O)c1ccc(O)cc1. The van der Waals surface area contributed by atoms with Crippen molar-refractivity contribution < 1.29 is 29.6 Å². The van der Waals surface area contributed by atoms with Crippen LogP contribution < -0.4 is 0 Å². The molecule has 0 aromatic heterocycles. The number of phenolic OH excluding ortho intramolecular Hbond substituents is 1. The van der Waals surface area contributed by atoms with Crippen molar-refractivity contribution in [3.05, 3.63) is 29.8 Å². The van der Waals surface area contributed by atoms with Crippen LogP contribution in [0.1, 0.15) is 23.7 Å². The van der Waals surface area contributed by atoms with E-state index >= 15 is 0 Å². The molecule has 104 valence electrons. The van der Waals surface area contributed by atoms with Gasteiger partial charge in [0.15, 0.2) is 6.29 Å². The number of aliphatic hydroxyl groups is 2. The number of ether oxygens (including phenoxy) is 2. The van der Waals surface area contributed by atoms with E-state index in [9.17, 15) is 15.0 Å². The van der Waals surface area contributed by atoms with Crippen LogP contribution in [-0.4, -0.2) is 45.9 Å². The molecule has 1 aromatic carbocycles. The second-order valence-corrected chi connectivity index (χ2v) is 4.53. The first-order valence-electron chi connectivity index (χ1n) is 5.99. The van der Waals surface area contributed by atoms with Crippen molar-refractivity contribution in [3.8, 4) is 5.75 Å². The van der Waals surface area contributed by atoms with Crippen molar-refractivity contribution >= 4 is 5.97 Å². The van der Waals surface area contributed by atoms with Crippen LogP contribution in [0.25, 0.3) is 0 Å². The van der Waals surface area contributed by atoms with Crippen LogP contribution in [-0.2, 0) is 9.47 Å². The number of aromatic hydroxyl groups is 1. The molecular formula is C13H16O6. The largest absolute Gasteiger partial charge is 0.508 e. The smallest absolute Gasteiger partial charge is 0.338 e. The van der Waals surface area contributed by atoms with Gasteiger partial charge in [-0.3, -0.25) is 0 Å². The Morgan fingerprint density at radius 1 is 1.32 bits per heavy atom. The maximum atomic E-state index is 11.9. The summed E-state index contributed by atoms with van der Waals surface area (Å²) in [7, 11) is 0. The highest BCUT2D eigenvalue weighted by Gasteiger charge is 2.36. The minimum Gasteiger partial charge on any atom is -0.508 e. The van der Waals surface area contributed by atoms with E-state index in [-0.39, 0.29) is 12.2 Å². The lowest BCUT2D eigenvalue weighted by Gasteiger charge is -2.34. The summed E-state index contributed by atoms with van der Waals surface area (Å²) in [5.41, 5.74) is 0.297. The molecule has 0 amide bonds. The van der Waals surface area contributed by atoms with E-state index in [1.54, 1.807) is 6.92 Å². The van der Waals surface area contributed by atoms with Crippen molar-refractivity contribution in [2.45, 2.75) is 37.9 Å². The van der Waals surface area contributed by atoms with Crippen LogP contribution >= 0.6 is 0 Å². The molecule has 0 aliphatic carbocycles. The number of carbonyl (C=O) groups is 1. The van der Waals surface area contributed by atoms with Gasteiger partial charge in [-0.2, -0.15) is 0 Å². The van der Waals surface area contributed by atoms with Crippen molar-refractivity contribution in [2.24, 2.45) is 0 Å². The van der Waals surface area contributed by atoms with Crippen molar-refractivity contribution in [3.63, 3.8) is 0 Å². The molecule has 0 radical (unpaired) electrons. The van der Waals surface area contributed by atoms with Gasteiger partial charge in [-0.1, -0.05) is 0 Å². The van der Waals surface area contributed by atoms with Crippen LogP contribution in [0.3, 0.4) is 0 Å². The number of phenols is 1. The maximum Gasteiger partial charge on any atom is 0.338 e. The van der Waals surface area contributed by atoms with Crippen LogP contribution in [0.2, 0.25) is 0 Å². The van der Waals surface area contributed by atoms with Gasteiger partial charge in [-0.15, -0.1) is 0 Å². The van der Waals surface area contributed by atoms with E-state index in [0.29, 0.717) is 5.56 Å². The molecular weight excluding hydrogens is 252 g/mol. The highest BCUT2D eigenvalue weighted by atomic mass is 16.6. The first kappa shape index (κ1) is 13.8. The molecule has 6 heteroatoms. The van der Waals surface area contributed by atoms with Crippen molar-refractivity contribution in [1.82, 2.24) is 0 Å². The Balaban J connectivity index is 2.00. The van der Waals surface area contributed by atoms with Gasteiger partial charge in [-0.25, -0.2) is 4.79 Å². The summed E-state index contributed by atoms with van der Waals surface area (Å²) in [4.78, 5) is 11.9. The summed E-state index contributed by atoms with van der Waals surface area (Å²) in [5.74, 6) is -0.506. The van der Waals surface area contributed by atoms with Crippen LogP contribution in [0.4, 0.5) is 0 Å². The van der Waals surface area contributed by atoms with Crippen LogP contribution in [0.5, 0.6) is 5.75 Å². The quantitative estimate of drug-likeness (QED) is 0.672. The molecule has 1 fully saturated rings. The number of hydrogen-bond donors (Lipinski definition) is 3. The summed E-state index contributed by atoms with van der Waals surface area (Å²) in [6.45, 7) is 1.66. The van der Waals surface area contributed by atoms with E-state index < -0.39 is 30.6 Å². The third-order valence-corrected chi connectivity index (χ3v) is 3.04. The second-order valence-electron chi connectivity index (χ2n) is 4.53. The van der Waals surface area contributed by atoms with E-state index in [0.717, 1.165) is 0 Å². The minimum absolute atomic E-state index is 0.0597. The monoisotopic (exact) mass is 268 g/mol. The lowest BCUT2D eigenvalue weighted by molar-refractivity contribution is -0.240. The average molecular weight is 268 g/mol. The summed E-state index contributed by atoms with van der Waals surface area (Å²) in [6, 6.07) is 5.65. The highest BCUT2D eigenvalue weighted by molar-refractivity contribution is 5.89. The summed E-state index contributed by atoms with van der Waals surface area (Å²) in [6.07, 6.45) is -3.33. The second kappa shape index (κ2) is 5.56. The Labute approximate surface area is 110 Å². The molecule has 4 atom stereocenters. The topological polar surface area (TPSA) is 96.2 Å². The summed E-state index contributed by atoms with van der Waals surface area (Å²) >= 11 is 0. The number of aliphatic hydroxyl groups excluding tert-OH is 2. The average Bonchev–Trinajstić information content (AvgIpc) is 2.36. The van der Waals surface area contributed by atoms with Gasteiger partial charge in [0.25, 0.3) is 0 Å². The fourth-order valence-corrected chi connectivity index (χ4v) is 1.89. The minimum atomic E-state index is -1.25. The Kier molecular flexibility index (Phi) is 4.04. The molecule has 1 heterocycles. The predicted molar refractivity (Wildman–Crippen MR) is 64.5 cm³/mol. The number of hydrogen-bond acceptors (Lipinski definition) is 6. The zero-order valence-corrected chi connectivity index (χ0v) is 10.4. The molecule has 2 rings (SSSR count). The zero-order chi connectivity index (χ0) is 14.0. The van der Waals surface area contributed by atoms with Gasteiger partial charge in [0.1, 0.15) is 18.0 Å². The highest BCUT2D eigenvalue weighted by Crippen LogP contribution is 2.22. The molecule has 1 aromatic rings. The Morgan fingerprint density at radius 2 is 1.95 bits per heavy atom. The molecule has 0 bridgehead atoms. The third-order valence-electron chi connectivity index (χ3n) is 3.04. The molecule has 1 aliphatic heterocycles. The lowest BCUT2D eigenvalue weighted by atomic mass is 10.0. The van der Waals surface area contributed by atoms with E-state index in [2.05, 4.69) is 0 Å². The third kappa shape index (κ3) is 3.23. The zero-order valence-electron chi connectivity index (χ0n) is 10.4.